The maximum Gasteiger partial charge on any atom is 0.273 e. The van der Waals surface area contributed by atoms with Crippen LogP contribution in [-0.4, -0.2) is 29.4 Å². The molecule has 11 heteroatoms. The molecule has 9 nitrogen and oxygen atoms in total. The van der Waals surface area contributed by atoms with Gasteiger partial charge in [0, 0.05) is 17.2 Å². The number of carbonyl (C=O) groups excluding carboxylic acids is 1. The molecule has 0 spiro atoms. The molecule has 1 amide bonds. The Labute approximate surface area is 164 Å². The minimum absolute atomic E-state index is 0.0888. The summed E-state index contributed by atoms with van der Waals surface area (Å²) in [7, 11) is -3.58. The fourth-order valence-electron chi connectivity index (χ4n) is 2.35. The lowest BCUT2D eigenvalue weighted by Gasteiger charge is -2.03. The Morgan fingerprint density at radius 1 is 1.18 bits per heavy atom. The highest BCUT2D eigenvalue weighted by Crippen LogP contribution is 2.23. The molecule has 2 aromatic carbocycles. The van der Waals surface area contributed by atoms with Crippen molar-refractivity contribution in [2.45, 2.75) is 17.6 Å². The number of nitro benzene ring substituents is 1. The van der Waals surface area contributed by atoms with E-state index in [4.69, 9.17) is 0 Å². The van der Waals surface area contributed by atoms with E-state index >= 15 is 0 Å². The Morgan fingerprint density at radius 2 is 1.89 bits per heavy atom. The quantitative estimate of drug-likeness (QED) is 0.481. The summed E-state index contributed by atoms with van der Waals surface area (Å²) in [5.41, 5.74) is 0.358. The number of aromatic nitrogens is 2. The van der Waals surface area contributed by atoms with Crippen molar-refractivity contribution in [3.05, 3.63) is 74.8 Å². The fraction of sp³-hybridized carbons (Fsp3) is 0.118. The molecule has 0 aliphatic rings. The van der Waals surface area contributed by atoms with Gasteiger partial charge in [-0.15, -0.1) is 10.2 Å². The van der Waals surface area contributed by atoms with E-state index in [1.807, 2.05) is 0 Å². The monoisotopic (exact) mass is 418 g/mol. The molecule has 3 rings (SSSR count). The van der Waals surface area contributed by atoms with E-state index in [2.05, 4.69) is 15.5 Å². The van der Waals surface area contributed by atoms with E-state index in [9.17, 15) is 23.3 Å². The van der Waals surface area contributed by atoms with Gasteiger partial charge in [0.25, 0.3) is 11.6 Å². The van der Waals surface area contributed by atoms with Crippen molar-refractivity contribution < 1.29 is 18.1 Å². The van der Waals surface area contributed by atoms with Crippen molar-refractivity contribution in [2.24, 2.45) is 0 Å². The van der Waals surface area contributed by atoms with Gasteiger partial charge >= 0.3 is 0 Å². The van der Waals surface area contributed by atoms with Crippen LogP contribution >= 0.6 is 11.3 Å². The van der Waals surface area contributed by atoms with Crippen molar-refractivity contribution in [3.63, 3.8) is 0 Å². The molecule has 28 heavy (non-hydrogen) atoms. The third kappa shape index (κ3) is 4.38. The van der Waals surface area contributed by atoms with Gasteiger partial charge in [-0.3, -0.25) is 20.2 Å². The smallest absolute Gasteiger partial charge is 0.273 e. The highest BCUT2D eigenvalue weighted by atomic mass is 32.2. The molecule has 3 aromatic rings. The summed E-state index contributed by atoms with van der Waals surface area (Å²) in [6.07, 6.45) is 0. The molecule has 0 bridgehead atoms. The summed E-state index contributed by atoms with van der Waals surface area (Å²) in [6, 6.07) is 12.1. The summed E-state index contributed by atoms with van der Waals surface area (Å²) in [5, 5.41) is 21.4. The lowest BCUT2D eigenvalue weighted by Crippen LogP contribution is -2.12. The third-order valence-corrected chi connectivity index (χ3v) is 6.44. The topological polar surface area (TPSA) is 132 Å². The van der Waals surface area contributed by atoms with Crippen LogP contribution < -0.4 is 5.32 Å². The van der Waals surface area contributed by atoms with E-state index < -0.39 is 20.7 Å². The molecule has 0 fully saturated rings. The molecule has 1 heterocycles. The van der Waals surface area contributed by atoms with Crippen LogP contribution in [0.25, 0.3) is 0 Å². The molecule has 0 saturated carbocycles. The van der Waals surface area contributed by atoms with E-state index in [1.54, 1.807) is 25.1 Å². The first-order valence-corrected chi connectivity index (χ1v) is 10.4. The Hall–Kier alpha value is -3.18. The SMILES string of the molecule is Cc1ccc(C(=O)Nc2nnc(CS(=O)(=O)c3ccccc3)s2)cc1[N+](=O)[O-]. The van der Waals surface area contributed by atoms with Crippen LogP contribution in [0.5, 0.6) is 0 Å². The number of benzene rings is 2. The number of rotatable bonds is 6. The number of nitrogens with one attached hydrogen (secondary N) is 1. The summed E-state index contributed by atoms with van der Waals surface area (Å²) in [6.45, 7) is 1.57. The van der Waals surface area contributed by atoms with Crippen LogP contribution in [0.2, 0.25) is 0 Å². The number of anilines is 1. The first-order valence-electron chi connectivity index (χ1n) is 7.93. The van der Waals surface area contributed by atoms with Gasteiger partial charge in [0.15, 0.2) is 9.84 Å². The van der Waals surface area contributed by atoms with E-state index in [0.717, 1.165) is 11.3 Å². The predicted molar refractivity (Wildman–Crippen MR) is 103 cm³/mol. The van der Waals surface area contributed by atoms with Gasteiger partial charge in [-0.1, -0.05) is 35.6 Å². The summed E-state index contributed by atoms with van der Waals surface area (Å²) in [4.78, 5) is 22.9. The minimum atomic E-state index is -3.58. The van der Waals surface area contributed by atoms with Crippen LogP contribution in [0.4, 0.5) is 10.8 Å². The highest BCUT2D eigenvalue weighted by molar-refractivity contribution is 7.90. The molecule has 0 saturated heterocycles. The maximum atomic E-state index is 12.4. The number of carbonyl (C=O) groups is 1. The van der Waals surface area contributed by atoms with Crippen LogP contribution in [0, 0.1) is 17.0 Å². The van der Waals surface area contributed by atoms with Crippen molar-refractivity contribution in [3.8, 4) is 0 Å². The Kier molecular flexibility index (Phi) is 5.47. The number of nitrogens with zero attached hydrogens (tertiary/aromatic N) is 3. The van der Waals surface area contributed by atoms with Crippen molar-refractivity contribution in [2.75, 3.05) is 5.32 Å². The molecule has 1 aromatic heterocycles. The molecule has 0 unspecified atom stereocenters. The van der Waals surface area contributed by atoms with Crippen LogP contribution in [-0.2, 0) is 15.6 Å². The van der Waals surface area contributed by atoms with E-state index in [1.165, 1.54) is 30.3 Å². The maximum absolute atomic E-state index is 12.4. The molecule has 0 radical (unpaired) electrons. The molecule has 144 valence electrons. The third-order valence-electron chi connectivity index (χ3n) is 3.77. The van der Waals surface area contributed by atoms with Crippen LogP contribution in [0.3, 0.4) is 0 Å². The summed E-state index contributed by atoms with van der Waals surface area (Å²) in [5.74, 6) is -0.947. The Bertz CT molecular complexity index is 1140. The Balaban J connectivity index is 1.74. The standard InChI is InChI=1S/C17H14N4O5S2/c1-11-7-8-12(9-14(11)21(23)24)16(22)18-17-20-19-15(27-17)10-28(25,26)13-5-3-2-4-6-13/h2-9H,10H2,1H3,(H,18,20,22). The number of amides is 1. The number of hydrogen-bond acceptors (Lipinski definition) is 8. The highest BCUT2D eigenvalue weighted by Gasteiger charge is 2.20. The number of nitro groups is 1. The van der Waals surface area contributed by atoms with Gasteiger partial charge in [-0.2, -0.15) is 0 Å². The average Bonchev–Trinajstić information content (AvgIpc) is 3.08. The van der Waals surface area contributed by atoms with E-state index in [0.29, 0.717) is 5.56 Å². The Morgan fingerprint density at radius 3 is 2.57 bits per heavy atom. The second-order valence-corrected chi connectivity index (χ2v) is 8.84. The van der Waals surface area contributed by atoms with Crippen molar-refractivity contribution in [1.29, 1.82) is 0 Å². The molecule has 0 aliphatic heterocycles. The first kappa shape index (κ1) is 19.6. The first-order chi connectivity index (χ1) is 13.3. The second-order valence-electron chi connectivity index (χ2n) is 5.79. The van der Waals surface area contributed by atoms with Gasteiger partial charge in [0.2, 0.25) is 5.13 Å². The fourth-order valence-corrected chi connectivity index (χ4v) is 4.71. The summed E-state index contributed by atoms with van der Waals surface area (Å²) < 4.78 is 24.8. The average molecular weight is 418 g/mol. The zero-order chi connectivity index (χ0) is 20.3. The van der Waals surface area contributed by atoms with Gasteiger partial charge in [0.05, 0.1) is 9.82 Å². The second kappa shape index (κ2) is 7.82. The van der Waals surface area contributed by atoms with Gasteiger partial charge in [-0.25, -0.2) is 8.42 Å². The predicted octanol–water partition coefficient (Wildman–Crippen LogP) is 2.98. The van der Waals surface area contributed by atoms with E-state index in [-0.39, 0.29) is 32.0 Å². The largest absolute Gasteiger partial charge is 0.296 e. The van der Waals surface area contributed by atoms with Gasteiger partial charge in [-0.05, 0) is 25.1 Å². The van der Waals surface area contributed by atoms with Gasteiger partial charge < -0.3 is 0 Å². The lowest BCUT2D eigenvalue weighted by molar-refractivity contribution is -0.385. The van der Waals surface area contributed by atoms with Crippen molar-refractivity contribution >= 4 is 37.9 Å². The number of aryl methyl sites for hydroxylation is 1. The summed E-state index contributed by atoms with van der Waals surface area (Å²) >= 11 is 0.924. The molecular weight excluding hydrogens is 404 g/mol. The zero-order valence-corrected chi connectivity index (χ0v) is 16.2. The normalized spacial score (nSPS) is 11.2. The van der Waals surface area contributed by atoms with Crippen LogP contribution in [0.15, 0.2) is 53.4 Å². The minimum Gasteiger partial charge on any atom is -0.296 e. The number of hydrogen-bond donors (Lipinski definition) is 1. The lowest BCUT2D eigenvalue weighted by atomic mass is 10.1. The molecular formula is C17H14N4O5S2. The molecule has 0 atom stereocenters. The number of sulfone groups is 1. The molecule has 1 N–H and O–H groups in total. The van der Waals surface area contributed by atoms with Gasteiger partial charge in [0.1, 0.15) is 10.8 Å². The van der Waals surface area contributed by atoms with Crippen LogP contribution in [0.1, 0.15) is 20.9 Å². The van der Waals surface area contributed by atoms with Crippen molar-refractivity contribution in [1.82, 2.24) is 10.2 Å². The zero-order valence-electron chi connectivity index (χ0n) is 14.5. The molecule has 0 aliphatic carbocycles.